The van der Waals surface area contributed by atoms with Crippen LogP contribution in [0.3, 0.4) is 0 Å². The first-order valence-electron chi connectivity index (χ1n) is 10.6. The third-order valence-electron chi connectivity index (χ3n) is 5.67. The van der Waals surface area contributed by atoms with Crippen LogP contribution in [0.1, 0.15) is 41.0 Å². The number of fused-ring (bicyclic) bond motifs is 1. The minimum absolute atomic E-state index is 0.313. The molecule has 2 N–H and O–H groups in total. The Labute approximate surface area is 194 Å². The van der Waals surface area contributed by atoms with Crippen LogP contribution in [-0.4, -0.2) is 37.1 Å². The molecule has 3 heterocycles. The van der Waals surface area contributed by atoms with Gasteiger partial charge in [0.05, 0.1) is 17.5 Å². The molecule has 33 heavy (non-hydrogen) atoms. The molecule has 1 aliphatic heterocycles. The van der Waals surface area contributed by atoms with Gasteiger partial charge in [-0.3, -0.25) is 14.1 Å². The number of aryl methyl sites for hydroxylation is 1. The number of aromatic nitrogens is 2. The van der Waals surface area contributed by atoms with Gasteiger partial charge < -0.3 is 10.6 Å². The number of pyridine rings is 2. The number of carbonyl (C=O) groups excluding carboxylic acids is 1. The molecule has 0 saturated carbocycles. The van der Waals surface area contributed by atoms with E-state index in [0.29, 0.717) is 35.8 Å². The van der Waals surface area contributed by atoms with E-state index in [1.54, 1.807) is 36.7 Å². The van der Waals surface area contributed by atoms with Gasteiger partial charge in [-0.15, -0.1) is 0 Å². The van der Waals surface area contributed by atoms with Gasteiger partial charge >= 0.3 is 0 Å². The van der Waals surface area contributed by atoms with E-state index in [4.69, 9.17) is 0 Å². The molecule has 1 aromatic carbocycles. The van der Waals surface area contributed by atoms with Crippen LogP contribution in [0.5, 0.6) is 0 Å². The summed E-state index contributed by atoms with van der Waals surface area (Å²) in [5, 5.41) is 6.10. The van der Waals surface area contributed by atoms with Crippen LogP contribution in [0.2, 0.25) is 0 Å². The monoisotopic (exact) mass is 465 g/mol. The molecule has 3 aromatic rings. The van der Waals surface area contributed by atoms with E-state index < -0.39 is 10.0 Å². The summed E-state index contributed by atoms with van der Waals surface area (Å²) in [6.07, 6.45) is 4.56. The van der Waals surface area contributed by atoms with Crippen molar-refractivity contribution in [3.05, 3.63) is 77.2 Å². The van der Waals surface area contributed by atoms with E-state index in [9.17, 15) is 13.2 Å². The van der Waals surface area contributed by atoms with Crippen molar-refractivity contribution in [3.8, 4) is 0 Å². The van der Waals surface area contributed by atoms with Gasteiger partial charge in [-0.2, -0.15) is 0 Å². The highest BCUT2D eigenvalue weighted by atomic mass is 32.2. The van der Waals surface area contributed by atoms with Crippen LogP contribution in [-0.2, 0) is 22.0 Å². The molecular formula is C24H27N5O3S. The first-order valence-corrected chi connectivity index (χ1v) is 12.4. The van der Waals surface area contributed by atoms with Crippen molar-refractivity contribution in [2.24, 2.45) is 0 Å². The van der Waals surface area contributed by atoms with Gasteiger partial charge in [-0.25, -0.2) is 13.4 Å². The lowest BCUT2D eigenvalue weighted by Crippen LogP contribution is -2.33. The molecule has 1 aliphatic rings. The zero-order valence-corrected chi connectivity index (χ0v) is 19.9. The number of nitrogens with one attached hydrogen (secondary N) is 2. The molecule has 0 radical (unpaired) electrons. The molecule has 1 amide bonds. The number of benzene rings is 1. The Morgan fingerprint density at radius 2 is 1.91 bits per heavy atom. The molecule has 8 nitrogen and oxygen atoms in total. The fourth-order valence-electron chi connectivity index (χ4n) is 4.04. The Bertz CT molecular complexity index is 1320. The Hall–Kier alpha value is -3.46. The predicted molar refractivity (Wildman–Crippen MR) is 130 cm³/mol. The van der Waals surface area contributed by atoms with Crippen LogP contribution in [0.15, 0.2) is 54.9 Å². The molecule has 0 aliphatic carbocycles. The van der Waals surface area contributed by atoms with Crippen LogP contribution < -0.4 is 14.9 Å². The number of amides is 1. The van der Waals surface area contributed by atoms with E-state index >= 15 is 0 Å². The summed E-state index contributed by atoms with van der Waals surface area (Å²) in [5.74, 6) is 0.129. The number of hydrogen-bond donors (Lipinski definition) is 2. The number of hydrogen-bond acceptors (Lipinski definition) is 6. The standard InChI is InChI=1S/C24H27N5O3S/c1-16-12-17(9-11-25-16)14-27-22-19(6-5-10-26-22)23(30)28-18-7-8-20-21(13-18)29(33(4,31)32)15-24(20,2)3/h5-13H,14-15H2,1-4H3,(H,26,27)(H,28,30). The van der Waals surface area contributed by atoms with Gasteiger partial charge in [0.2, 0.25) is 10.0 Å². The molecule has 172 valence electrons. The van der Waals surface area contributed by atoms with Crippen molar-refractivity contribution in [1.82, 2.24) is 9.97 Å². The van der Waals surface area contributed by atoms with E-state index in [1.807, 2.05) is 39.0 Å². The van der Waals surface area contributed by atoms with Gasteiger partial charge in [-0.1, -0.05) is 19.9 Å². The molecule has 0 atom stereocenters. The van der Waals surface area contributed by atoms with E-state index in [-0.39, 0.29) is 11.3 Å². The largest absolute Gasteiger partial charge is 0.365 e. The van der Waals surface area contributed by atoms with Crippen molar-refractivity contribution in [1.29, 1.82) is 0 Å². The smallest absolute Gasteiger partial charge is 0.259 e. The fraction of sp³-hybridized carbons (Fsp3) is 0.292. The number of anilines is 3. The van der Waals surface area contributed by atoms with E-state index in [1.165, 1.54) is 10.6 Å². The minimum Gasteiger partial charge on any atom is -0.365 e. The molecule has 2 aromatic heterocycles. The predicted octanol–water partition coefficient (Wildman–Crippen LogP) is 3.71. The summed E-state index contributed by atoms with van der Waals surface area (Å²) in [4.78, 5) is 21.6. The zero-order valence-electron chi connectivity index (χ0n) is 19.1. The van der Waals surface area contributed by atoms with Gasteiger partial charge in [-0.05, 0) is 54.4 Å². The molecule has 4 rings (SSSR count). The molecular weight excluding hydrogens is 438 g/mol. The SMILES string of the molecule is Cc1cc(CNc2ncccc2C(=O)Nc2ccc3c(c2)N(S(C)(=O)=O)CC3(C)C)ccn1. The maximum Gasteiger partial charge on any atom is 0.259 e. The summed E-state index contributed by atoms with van der Waals surface area (Å²) in [7, 11) is -3.43. The Balaban J connectivity index is 1.56. The van der Waals surface area contributed by atoms with Crippen LogP contribution in [0.25, 0.3) is 0 Å². The van der Waals surface area contributed by atoms with Gasteiger partial charge in [0.15, 0.2) is 0 Å². The molecule has 0 saturated heterocycles. The van der Waals surface area contributed by atoms with Crippen molar-refractivity contribution >= 4 is 33.1 Å². The van der Waals surface area contributed by atoms with E-state index in [0.717, 1.165) is 16.8 Å². The average molecular weight is 466 g/mol. The highest BCUT2D eigenvalue weighted by molar-refractivity contribution is 7.92. The maximum absolute atomic E-state index is 13.1. The second-order valence-corrected chi connectivity index (χ2v) is 10.8. The van der Waals surface area contributed by atoms with Crippen molar-refractivity contribution in [2.45, 2.75) is 32.7 Å². The Kier molecular flexibility index (Phi) is 5.84. The molecule has 0 unspecified atom stereocenters. The van der Waals surface area contributed by atoms with E-state index in [2.05, 4.69) is 20.6 Å². The summed E-state index contributed by atoms with van der Waals surface area (Å²) >= 11 is 0. The third kappa shape index (κ3) is 4.83. The van der Waals surface area contributed by atoms with Crippen LogP contribution >= 0.6 is 0 Å². The number of sulfonamides is 1. The lowest BCUT2D eigenvalue weighted by molar-refractivity contribution is 0.102. The zero-order chi connectivity index (χ0) is 23.8. The highest BCUT2D eigenvalue weighted by Crippen LogP contribution is 2.43. The first kappa shape index (κ1) is 22.7. The summed E-state index contributed by atoms with van der Waals surface area (Å²) < 4.78 is 26.0. The van der Waals surface area contributed by atoms with Gasteiger partial charge in [0, 0.05) is 42.3 Å². The molecule has 0 fully saturated rings. The first-order chi connectivity index (χ1) is 15.5. The minimum atomic E-state index is -3.43. The van der Waals surface area contributed by atoms with Crippen molar-refractivity contribution in [3.63, 3.8) is 0 Å². The normalized spacial score (nSPS) is 14.6. The highest BCUT2D eigenvalue weighted by Gasteiger charge is 2.39. The van der Waals surface area contributed by atoms with Gasteiger partial charge in [0.25, 0.3) is 5.91 Å². The lowest BCUT2D eigenvalue weighted by Gasteiger charge is -2.20. The second kappa shape index (κ2) is 8.47. The number of carbonyl (C=O) groups is 1. The van der Waals surface area contributed by atoms with Crippen LogP contribution in [0.4, 0.5) is 17.2 Å². The summed E-state index contributed by atoms with van der Waals surface area (Å²) in [6, 6.07) is 12.7. The maximum atomic E-state index is 13.1. The average Bonchev–Trinajstić information content (AvgIpc) is 3.03. The quantitative estimate of drug-likeness (QED) is 0.575. The number of nitrogens with zero attached hydrogens (tertiary/aromatic N) is 3. The third-order valence-corrected chi connectivity index (χ3v) is 6.79. The van der Waals surface area contributed by atoms with Gasteiger partial charge in [0.1, 0.15) is 5.82 Å². The second-order valence-electron chi connectivity index (χ2n) is 8.90. The summed E-state index contributed by atoms with van der Waals surface area (Å²) in [5.41, 5.74) is 4.07. The Morgan fingerprint density at radius 1 is 1.12 bits per heavy atom. The van der Waals surface area contributed by atoms with Crippen molar-refractivity contribution in [2.75, 3.05) is 27.7 Å². The number of rotatable bonds is 6. The Morgan fingerprint density at radius 3 is 2.64 bits per heavy atom. The molecule has 9 heteroatoms. The fourth-order valence-corrected chi connectivity index (χ4v) is 5.11. The summed E-state index contributed by atoms with van der Waals surface area (Å²) in [6.45, 7) is 6.80. The lowest BCUT2D eigenvalue weighted by atomic mass is 9.87. The van der Waals surface area contributed by atoms with Crippen LogP contribution in [0, 0.1) is 6.92 Å². The molecule has 0 spiro atoms. The molecule has 0 bridgehead atoms. The van der Waals surface area contributed by atoms with Crippen molar-refractivity contribution < 1.29 is 13.2 Å². The topological polar surface area (TPSA) is 104 Å².